The maximum Gasteiger partial charge on any atom is 0.277 e. The molecule has 0 aromatic heterocycles. The number of hydrogen-bond acceptors (Lipinski definition) is 5. The van der Waals surface area contributed by atoms with Crippen LogP contribution in [0, 0.1) is 13.8 Å². The molecular formula is C27H33N3O3. The van der Waals surface area contributed by atoms with Crippen molar-refractivity contribution in [3.8, 4) is 5.75 Å². The Morgan fingerprint density at radius 1 is 0.909 bits per heavy atom. The van der Waals surface area contributed by atoms with E-state index in [1.807, 2.05) is 44.2 Å². The zero-order valence-electron chi connectivity index (χ0n) is 20.1. The molecule has 174 valence electrons. The summed E-state index contributed by atoms with van der Waals surface area (Å²) in [6.45, 7) is 9.43. The molecule has 2 aliphatic rings. The fourth-order valence-corrected chi connectivity index (χ4v) is 4.77. The van der Waals surface area contributed by atoms with Gasteiger partial charge in [-0.3, -0.25) is 14.5 Å². The Morgan fingerprint density at radius 3 is 2.27 bits per heavy atom. The molecular weight excluding hydrogens is 414 g/mol. The first-order valence-electron chi connectivity index (χ1n) is 11.8. The summed E-state index contributed by atoms with van der Waals surface area (Å²) in [5.41, 5.74) is 5.20. The number of nitrogens with zero attached hydrogens (tertiary/aromatic N) is 3. The van der Waals surface area contributed by atoms with Gasteiger partial charge in [-0.2, -0.15) is 0 Å². The highest BCUT2D eigenvalue weighted by atomic mass is 16.5. The van der Waals surface area contributed by atoms with E-state index in [0.717, 1.165) is 54.1 Å². The summed E-state index contributed by atoms with van der Waals surface area (Å²) in [5, 5.41) is 0. The van der Waals surface area contributed by atoms with Gasteiger partial charge in [-0.25, -0.2) is 0 Å². The lowest BCUT2D eigenvalue weighted by atomic mass is 9.97. The second-order valence-electron chi connectivity index (χ2n) is 8.80. The quantitative estimate of drug-likeness (QED) is 0.600. The predicted octanol–water partition coefficient (Wildman–Crippen LogP) is 4.01. The van der Waals surface area contributed by atoms with Gasteiger partial charge in [0.2, 0.25) is 0 Å². The molecule has 1 saturated heterocycles. The summed E-state index contributed by atoms with van der Waals surface area (Å²) in [6, 6.07) is 14.1. The molecule has 0 N–H and O–H groups in total. The number of methoxy groups -OCH3 is 1. The summed E-state index contributed by atoms with van der Waals surface area (Å²) >= 11 is 0. The Labute approximate surface area is 196 Å². The molecule has 4 rings (SSSR count). The van der Waals surface area contributed by atoms with Gasteiger partial charge in [0.05, 0.1) is 18.4 Å². The predicted molar refractivity (Wildman–Crippen MR) is 131 cm³/mol. The van der Waals surface area contributed by atoms with Gasteiger partial charge in [-0.05, 0) is 43.5 Å². The smallest absolute Gasteiger partial charge is 0.277 e. The maximum atomic E-state index is 13.5. The van der Waals surface area contributed by atoms with Gasteiger partial charge in [0.25, 0.3) is 11.8 Å². The van der Waals surface area contributed by atoms with Crippen molar-refractivity contribution in [3.05, 3.63) is 64.9 Å². The zero-order chi connectivity index (χ0) is 23.5. The molecule has 2 heterocycles. The van der Waals surface area contributed by atoms with E-state index in [9.17, 15) is 9.59 Å². The number of amides is 2. The number of rotatable bonds is 7. The number of benzene rings is 2. The summed E-state index contributed by atoms with van der Waals surface area (Å²) in [7, 11) is 1.68. The molecule has 0 bridgehead atoms. The number of carbonyl (C=O) groups excluding carboxylic acids is 2. The van der Waals surface area contributed by atoms with Crippen LogP contribution in [-0.4, -0.2) is 61.4 Å². The van der Waals surface area contributed by atoms with E-state index < -0.39 is 0 Å². The lowest BCUT2D eigenvalue weighted by Crippen LogP contribution is -2.47. The molecule has 6 heteroatoms. The Hall–Kier alpha value is -3.28. The first-order valence-corrected chi connectivity index (χ1v) is 11.8. The van der Waals surface area contributed by atoms with E-state index in [4.69, 9.17) is 4.74 Å². The standard InChI is InChI=1S/C27H33N3O3/c1-5-6-13-30-26(31)24(21-12-11-19(2)18-20(21)3)25(27(30)32)29-16-14-28(15-17-29)22-9-7-8-10-23(22)33-4/h7-12,18H,5-6,13-17H2,1-4H3. The molecule has 2 aliphatic heterocycles. The molecule has 2 aromatic carbocycles. The lowest BCUT2D eigenvalue weighted by Gasteiger charge is -2.38. The van der Waals surface area contributed by atoms with E-state index in [1.165, 1.54) is 4.90 Å². The monoisotopic (exact) mass is 447 g/mol. The Kier molecular flexibility index (Phi) is 6.72. The lowest BCUT2D eigenvalue weighted by molar-refractivity contribution is -0.137. The summed E-state index contributed by atoms with van der Waals surface area (Å²) in [6.07, 6.45) is 1.75. The van der Waals surface area contributed by atoms with Crippen molar-refractivity contribution in [2.45, 2.75) is 33.6 Å². The zero-order valence-corrected chi connectivity index (χ0v) is 20.1. The molecule has 33 heavy (non-hydrogen) atoms. The van der Waals surface area contributed by atoms with Gasteiger partial charge >= 0.3 is 0 Å². The van der Waals surface area contributed by atoms with Gasteiger partial charge in [0.15, 0.2) is 0 Å². The van der Waals surface area contributed by atoms with Crippen LogP contribution in [0.3, 0.4) is 0 Å². The van der Waals surface area contributed by atoms with Crippen LogP contribution in [0.5, 0.6) is 5.75 Å². The Bertz CT molecular complexity index is 1080. The number of piperazine rings is 1. The highest BCUT2D eigenvalue weighted by Crippen LogP contribution is 2.35. The van der Waals surface area contributed by atoms with E-state index in [1.54, 1.807) is 7.11 Å². The molecule has 0 spiro atoms. The average Bonchev–Trinajstić information content (AvgIpc) is 3.07. The maximum absolute atomic E-state index is 13.5. The number of hydrogen-bond donors (Lipinski definition) is 0. The van der Waals surface area contributed by atoms with Gasteiger partial charge in [-0.15, -0.1) is 0 Å². The highest BCUT2D eigenvalue weighted by Gasteiger charge is 2.42. The molecule has 2 amide bonds. The third kappa shape index (κ3) is 4.34. The molecule has 0 radical (unpaired) electrons. The molecule has 2 aromatic rings. The third-order valence-corrected chi connectivity index (χ3v) is 6.55. The molecule has 0 unspecified atom stereocenters. The van der Waals surface area contributed by atoms with Crippen LogP contribution in [0.15, 0.2) is 48.2 Å². The van der Waals surface area contributed by atoms with Crippen molar-refractivity contribution in [1.82, 2.24) is 9.80 Å². The van der Waals surface area contributed by atoms with Crippen LogP contribution < -0.4 is 9.64 Å². The minimum Gasteiger partial charge on any atom is -0.495 e. The summed E-state index contributed by atoms with van der Waals surface area (Å²) in [5.74, 6) is 0.524. The molecule has 0 atom stereocenters. The topological polar surface area (TPSA) is 53.1 Å². The van der Waals surface area contributed by atoms with Gasteiger partial charge in [0, 0.05) is 32.7 Å². The second-order valence-corrected chi connectivity index (χ2v) is 8.80. The molecule has 6 nitrogen and oxygen atoms in total. The third-order valence-electron chi connectivity index (χ3n) is 6.55. The van der Waals surface area contributed by atoms with E-state index in [-0.39, 0.29) is 11.8 Å². The molecule has 1 fully saturated rings. The molecule has 0 saturated carbocycles. The minimum atomic E-state index is -0.164. The number of ether oxygens (including phenoxy) is 1. The van der Waals surface area contributed by atoms with Gasteiger partial charge < -0.3 is 14.5 Å². The fourth-order valence-electron chi connectivity index (χ4n) is 4.77. The fraction of sp³-hybridized carbons (Fsp3) is 0.407. The second kappa shape index (κ2) is 9.69. The number of unbranched alkanes of at least 4 members (excludes halogenated alkanes) is 1. The number of carbonyl (C=O) groups is 2. The number of aryl methyl sites for hydroxylation is 2. The minimum absolute atomic E-state index is 0.158. The van der Waals surface area contributed by atoms with Crippen molar-refractivity contribution in [3.63, 3.8) is 0 Å². The Morgan fingerprint density at radius 2 is 1.61 bits per heavy atom. The van der Waals surface area contributed by atoms with Crippen LogP contribution in [0.1, 0.15) is 36.5 Å². The first kappa shape index (κ1) is 22.9. The SMILES string of the molecule is CCCCN1C(=O)C(c2ccc(C)cc2C)=C(N2CCN(c3ccccc3OC)CC2)C1=O. The Balaban J connectivity index is 1.66. The van der Waals surface area contributed by atoms with Crippen LogP contribution in [0.4, 0.5) is 5.69 Å². The van der Waals surface area contributed by atoms with Crippen molar-refractivity contribution in [1.29, 1.82) is 0 Å². The highest BCUT2D eigenvalue weighted by molar-refractivity contribution is 6.35. The number of anilines is 1. The van der Waals surface area contributed by atoms with E-state index >= 15 is 0 Å². The summed E-state index contributed by atoms with van der Waals surface area (Å²) in [4.78, 5) is 32.8. The van der Waals surface area contributed by atoms with Crippen LogP contribution in [0.25, 0.3) is 5.57 Å². The van der Waals surface area contributed by atoms with Crippen molar-refractivity contribution in [2.75, 3.05) is 44.7 Å². The van der Waals surface area contributed by atoms with E-state index in [2.05, 4.69) is 28.9 Å². The summed E-state index contributed by atoms with van der Waals surface area (Å²) < 4.78 is 5.54. The van der Waals surface area contributed by atoms with Crippen molar-refractivity contribution in [2.24, 2.45) is 0 Å². The molecule has 0 aliphatic carbocycles. The number of para-hydroxylation sites is 2. The number of imide groups is 1. The van der Waals surface area contributed by atoms with Crippen LogP contribution in [0.2, 0.25) is 0 Å². The normalized spacial score (nSPS) is 16.8. The van der Waals surface area contributed by atoms with Crippen LogP contribution in [-0.2, 0) is 9.59 Å². The van der Waals surface area contributed by atoms with Crippen LogP contribution >= 0.6 is 0 Å². The van der Waals surface area contributed by atoms with E-state index in [0.29, 0.717) is 30.9 Å². The van der Waals surface area contributed by atoms with Crippen molar-refractivity contribution >= 4 is 23.1 Å². The van der Waals surface area contributed by atoms with Crippen molar-refractivity contribution < 1.29 is 14.3 Å². The van der Waals surface area contributed by atoms with Gasteiger partial charge in [0.1, 0.15) is 11.4 Å². The average molecular weight is 448 g/mol. The largest absolute Gasteiger partial charge is 0.495 e. The van der Waals surface area contributed by atoms with Gasteiger partial charge in [-0.1, -0.05) is 49.2 Å². The first-order chi connectivity index (χ1) is 16.0.